The lowest BCUT2D eigenvalue weighted by Gasteiger charge is -2.03. The van der Waals surface area contributed by atoms with E-state index in [2.05, 4.69) is 10.2 Å². The van der Waals surface area contributed by atoms with Gasteiger partial charge in [0.1, 0.15) is 6.33 Å². The zero-order valence-corrected chi connectivity index (χ0v) is 10.1. The molecule has 1 rings (SSSR count). The summed E-state index contributed by atoms with van der Waals surface area (Å²) in [4.78, 5) is 10.9. The van der Waals surface area contributed by atoms with Crippen LogP contribution in [0.2, 0.25) is 0 Å². The second kappa shape index (κ2) is 5.73. The molecule has 0 aromatic carbocycles. The standard InChI is InChI=1S/C8H15N5O3S/c9-7(14)8-12-11-6-13(8)4-2-1-3-5-17(10,15)16/h6H,1-5H2,(H2,9,14)(H2,10,15,16). The van der Waals surface area contributed by atoms with Crippen molar-refractivity contribution in [1.82, 2.24) is 14.8 Å². The Bertz CT molecular complexity index is 481. The summed E-state index contributed by atoms with van der Waals surface area (Å²) in [5.41, 5.74) is 5.09. The first-order valence-electron chi connectivity index (χ1n) is 5.08. The summed E-state index contributed by atoms with van der Waals surface area (Å²) in [6.07, 6.45) is 3.30. The second-order valence-electron chi connectivity index (χ2n) is 3.64. The molecule has 4 N–H and O–H groups in total. The zero-order valence-electron chi connectivity index (χ0n) is 9.24. The summed E-state index contributed by atoms with van der Waals surface area (Å²) in [5, 5.41) is 12.0. The van der Waals surface area contributed by atoms with Crippen molar-refractivity contribution in [3.8, 4) is 0 Å². The van der Waals surface area contributed by atoms with Crippen molar-refractivity contribution in [3.63, 3.8) is 0 Å². The van der Waals surface area contributed by atoms with Crippen molar-refractivity contribution in [1.29, 1.82) is 0 Å². The predicted molar refractivity (Wildman–Crippen MR) is 60.4 cm³/mol. The van der Waals surface area contributed by atoms with Crippen molar-refractivity contribution < 1.29 is 13.2 Å². The number of primary sulfonamides is 1. The number of aromatic nitrogens is 3. The molecule has 0 saturated heterocycles. The molecule has 0 radical (unpaired) electrons. The minimum absolute atomic E-state index is 0.0299. The molecule has 0 bridgehead atoms. The first-order chi connectivity index (χ1) is 7.90. The van der Waals surface area contributed by atoms with Gasteiger partial charge in [-0.25, -0.2) is 13.6 Å². The first-order valence-corrected chi connectivity index (χ1v) is 6.80. The Kier molecular flexibility index (Phi) is 4.58. The van der Waals surface area contributed by atoms with Gasteiger partial charge in [0.2, 0.25) is 15.8 Å². The molecule has 0 fully saturated rings. The molecule has 1 aromatic heterocycles. The number of rotatable bonds is 7. The van der Waals surface area contributed by atoms with Gasteiger partial charge in [0, 0.05) is 6.54 Å². The maximum atomic E-state index is 10.9. The molecule has 9 heteroatoms. The van der Waals surface area contributed by atoms with Gasteiger partial charge in [0.25, 0.3) is 5.91 Å². The molecule has 1 amide bonds. The van der Waals surface area contributed by atoms with E-state index in [1.165, 1.54) is 6.33 Å². The number of sulfonamides is 1. The number of amides is 1. The van der Waals surface area contributed by atoms with Crippen molar-refractivity contribution >= 4 is 15.9 Å². The molecular weight excluding hydrogens is 246 g/mol. The normalized spacial score (nSPS) is 11.6. The van der Waals surface area contributed by atoms with E-state index in [1.807, 2.05) is 0 Å². The van der Waals surface area contributed by atoms with Gasteiger partial charge in [-0.2, -0.15) is 0 Å². The minimum Gasteiger partial charge on any atom is -0.363 e. The summed E-state index contributed by atoms with van der Waals surface area (Å²) in [7, 11) is -3.39. The van der Waals surface area contributed by atoms with Gasteiger partial charge in [-0.3, -0.25) is 4.79 Å². The number of unbranched alkanes of at least 4 members (excludes halogenated alkanes) is 2. The monoisotopic (exact) mass is 261 g/mol. The minimum atomic E-state index is -3.39. The number of carbonyl (C=O) groups is 1. The molecule has 1 aromatic rings. The van der Waals surface area contributed by atoms with E-state index in [-0.39, 0.29) is 11.6 Å². The zero-order chi connectivity index (χ0) is 12.9. The van der Waals surface area contributed by atoms with E-state index in [4.69, 9.17) is 10.9 Å². The highest BCUT2D eigenvalue weighted by Gasteiger charge is 2.09. The summed E-state index contributed by atoms with van der Waals surface area (Å²) in [6.45, 7) is 0.524. The van der Waals surface area contributed by atoms with Gasteiger partial charge in [-0.15, -0.1) is 10.2 Å². The van der Waals surface area contributed by atoms with Crippen LogP contribution in [0.15, 0.2) is 6.33 Å². The Morgan fingerprint density at radius 3 is 2.65 bits per heavy atom. The van der Waals surface area contributed by atoms with E-state index >= 15 is 0 Å². The highest BCUT2D eigenvalue weighted by atomic mass is 32.2. The van der Waals surface area contributed by atoms with Crippen LogP contribution >= 0.6 is 0 Å². The molecule has 8 nitrogen and oxygen atoms in total. The number of primary amides is 1. The number of carbonyl (C=O) groups excluding carboxylic acids is 1. The van der Waals surface area contributed by atoms with Crippen molar-refractivity contribution in [2.24, 2.45) is 10.9 Å². The fourth-order valence-corrected chi connectivity index (χ4v) is 1.98. The van der Waals surface area contributed by atoms with Crippen LogP contribution in [0, 0.1) is 0 Å². The maximum absolute atomic E-state index is 10.9. The van der Waals surface area contributed by atoms with Crippen LogP contribution in [-0.4, -0.2) is 34.8 Å². The van der Waals surface area contributed by atoms with Gasteiger partial charge in [0.05, 0.1) is 5.75 Å². The molecule has 96 valence electrons. The molecule has 0 aliphatic carbocycles. The van der Waals surface area contributed by atoms with Crippen LogP contribution in [0.4, 0.5) is 0 Å². The average molecular weight is 261 g/mol. The highest BCUT2D eigenvalue weighted by Crippen LogP contribution is 2.02. The Morgan fingerprint density at radius 1 is 1.35 bits per heavy atom. The number of hydrogen-bond acceptors (Lipinski definition) is 5. The van der Waals surface area contributed by atoms with Crippen molar-refractivity contribution in [2.75, 3.05) is 5.75 Å². The molecule has 0 spiro atoms. The Balaban J connectivity index is 2.32. The van der Waals surface area contributed by atoms with Crippen LogP contribution in [0.5, 0.6) is 0 Å². The Hall–Kier alpha value is -1.48. The highest BCUT2D eigenvalue weighted by molar-refractivity contribution is 7.89. The first kappa shape index (κ1) is 13.6. The molecule has 0 aliphatic heterocycles. The third-order valence-electron chi connectivity index (χ3n) is 2.16. The fraction of sp³-hybridized carbons (Fsp3) is 0.625. The summed E-state index contributed by atoms with van der Waals surface area (Å²) in [5.74, 6) is -0.554. The molecule has 0 atom stereocenters. The van der Waals surface area contributed by atoms with Gasteiger partial charge >= 0.3 is 0 Å². The summed E-state index contributed by atoms with van der Waals surface area (Å²) >= 11 is 0. The number of nitrogens with two attached hydrogens (primary N) is 2. The molecule has 0 saturated carbocycles. The molecular formula is C8H15N5O3S. The fourth-order valence-electron chi connectivity index (χ4n) is 1.37. The molecule has 1 heterocycles. The van der Waals surface area contributed by atoms with Gasteiger partial charge in [-0.05, 0) is 12.8 Å². The largest absolute Gasteiger partial charge is 0.363 e. The number of hydrogen-bond donors (Lipinski definition) is 2. The number of nitrogens with zero attached hydrogens (tertiary/aromatic N) is 3. The SMILES string of the molecule is NC(=O)c1nncn1CCCCCS(N)(=O)=O. The Morgan fingerprint density at radius 2 is 2.06 bits per heavy atom. The van der Waals surface area contributed by atoms with Crippen LogP contribution < -0.4 is 10.9 Å². The van der Waals surface area contributed by atoms with E-state index in [0.29, 0.717) is 25.8 Å². The third kappa shape index (κ3) is 4.91. The average Bonchev–Trinajstić information content (AvgIpc) is 2.63. The molecule has 0 aliphatic rings. The predicted octanol–water partition coefficient (Wildman–Crippen LogP) is -1.16. The lowest BCUT2D eigenvalue weighted by atomic mass is 10.2. The van der Waals surface area contributed by atoms with Crippen LogP contribution in [-0.2, 0) is 16.6 Å². The van der Waals surface area contributed by atoms with E-state index in [9.17, 15) is 13.2 Å². The van der Waals surface area contributed by atoms with Crippen LogP contribution in [0.25, 0.3) is 0 Å². The van der Waals surface area contributed by atoms with E-state index < -0.39 is 15.9 Å². The van der Waals surface area contributed by atoms with Gasteiger partial charge in [-0.1, -0.05) is 6.42 Å². The van der Waals surface area contributed by atoms with E-state index in [1.54, 1.807) is 4.57 Å². The maximum Gasteiger partial charge on any atom is 0.286 e. The summed E-state index contributed by atoms with van der Waals surface area (Å²) < 4.78 is 22.9. The van der Waals surface area contributed by atoms with E-state index in [0.717, 1.165) is 0 Å². The van der Waals surface area contributed by atoms with Gasteiger partial charge in [0.15, 0.2) is 0 Å². The lowest BCUT2D eigenvalue weighted by Crippen LogP contribution is -2.18. The van der Waals surface area contributed by atoms with Crippen molar-refractivity contribution in [2.45, 2.75) is 25.8 Å². The lowest BCUT2D eigenvalue weighted by molar-refractivity contribution is 0.0985. The quantitative estimate of drug-likeness (QED) is 0.597. The summed E-state index contributed by atoms with van der Waals surface area (Å²) in [6, 6.07) is 0. The third-order valence-corrected chi connectivity index (χ3v) is 3.02. The number of aryl methyl sites for hydroxylation is 1. The Labute approximate surface area is 99.1 Å². The second-order valence-corrected chi connectivity index (χ2v) is 5.37. The van der Waals surface area contributed by atoms with Crippen LogP contribution in [0.3, 0.4) is 0 Å². The van der Waals surface area contributed by atoms with Crippen LogP contribution in [0.1, 0.15) is 29.9 Å². The van der Waals surface area contributed by atoms with Crippen molar-refractivity contribution in [3.05, 3.63) is 12.2 Å². The molecule has 17 heavy (non-hydrogen) atoms. The smallest absolute Gasteiger partial charge is 0.286 e. The molecule has 0 unspecified atom stereocenters. The van der Waals surface area contributed by atoms with Gasteiger partial charge < -0.3 is 10.3 Å². The topological polar surface area (TPSA) is 134 Å².